The number of hydrogen-bond acceptors (Lipinski definition) is 5. The minimum atomic E-state index is -0.364. The topological polar surface area (TPSA) is 73.2 Å². The van der Waals surface area contributed by atoms with Gasteiger partial charge in [-0.15, -0.1) is 0 Å². The Kier molecular flexibility index (Phi) is 6.72. The molecule has 0 aliphatic heterocycles. The van der Waals surface area contributed by atoms with Crippen LogP contribution in [0.15, 0.2) is 70.5 Å². The number of hydrogen-bond donors (Lipinski definition) is 1. The minimum absolute atomic E-state index is 0.104. The van der Waals surface area contributed by atoms with Crippen LogP contribution in [0.4, 0.5) is 0 Å². The summed E-state index contributed by atoms with van der Waals surface area (Å²) in [5.74, 6) is 0.648. The summed E-state index contributed by atoms with van der Waals surface area (Å²) in [6.45, 7) is 4.21. The predicted octanol–water partition coefficient (Wildman–Crippen LogP) is 3.35. The molecular weight excluding hydrogens is 386 g/mol. The van der Waals surface area contributed by atoms with Crippen LogP contribution < -0.4 is 15.6 Å². The van der Waals surface area contributed by atoms with Gasteiger partial charge in [-0.3, -0.25) is 9.59 Å². The normalized spacial score (nSPS) is 11.7. The first kappa shape index (κ1) is 20.7. The highest BCUT2D eigenvalue weighted by Gasteiger charge is 2.16. The fraction of sp³-hybridized carbons (Fsp3) is 0.227. The minimum Gasteiger partial charge on any atom is -0.497 e. The van der Waals surface area contributed by atoms with Crippen molar-refractivity contribution < 1.29 is 9.53 Å². The number of methoxy groups -OCH3 is 1. The Bertz CT molecular complexity index is 1050. The van der Waals surface area contributed by atoms with Crippen LogP contribution in [0.1, 0.15) is 18.1 Å². The zero-order chi connectivity index (χ0) is 20.8. The lowest BCUT2D eigenvalue weighted by Gasteiger charge is -2.13. The summed E-state index contributed by atoms with van der Waals surface area (Å²) in [5.41, 5.74) is 2.54. The lowest BCUT2D eigenvalue weighted by Crippen LogP contribution is -2.30. The molecule has 1 aromatic heterocycles. The van der Waals surface area contributed by atoms with Crippen molar-refractivity contribution in [3.63, 3.8) is 0 Å². The Labute approximate surface area is 173 Å². The molecule has 1 heterocycles. The van der Waals surface area contributed by atoms with Crippen molar-refractivity contribution in [3.8, 4) is 11.4 Å². The lowest BCUT2D eigenvalue weighted by atomic mass is 10.2. The maximum atomic E-state index is 12.5. The van der Waals surface area contributed by atoms with Crippen molar-refractivity contribution in [1.82, 2.24) is 15.1 Å². The van der Waals surface area contributed by atoms with Crippen molar-refractivity contribution in [1.29, 1.82) is 0 Å². The summed E-state index contributed by atoms with van der Waals surface area (Å²) in [5, 5.41) is 7.57. The second-order valence-electron chi connectivity index (χ2n) is 6.59. The summed E-state index contributed by atoms with van der Waals surface area (Å²) in [7, 11) is 1.61. The number of nitrogens with one attached hydrogen (secondary N) is 1. The molecule has 1 N–H and O–H groups in total. The number of thioether (sulfide) groups is 1. The first-order valence-electron chi connectivity index (χ1n) is 9.21. The molecule has 0 aliphatic carbocycles. The van der Waals surface area contributed by atoms with Crippen LogP contribution in [0.25, 0.3) is 5.69 Å². The van der Waals surface area contributed by atoms with Crippen molar-refractivity contribution in [3.05, 3.63) is 82.1 Å². The molecule has 0 fully saturated rings. The van der Waals surface area contributed by atoms with Gasteiger partial charge in [-0.25, -0.2) is 0 Å². The van der Waals surface area contributed by atoms with Gasteiger partial charge in [-0.05, 0) is 49.7 Å². The van der Waals surface area contributed by atoms with Gasteiger partial charge in [0.05, 0.1) is 18.0 Å². The van der Waals surface area contributed by atoms with E-state index < -0.39 is 0 Å². The van der Waals surface area contributed by atoms with Gasteiger partial charge in [0.1, 0.15) is 10.8 Å². The number of aromatic nitrogens is 2. The second kappa shape index (κ2) is 9.43. The molecule has 6 nitrogen and oxygen atoms in total. The van der Waals surface area contributed by atoms with Gasteiger partial charge in [-0.2, -0.15) is 9.78 Å². The zero-order valence-electron chi connectivity index (χ0n) is 16.6. The third kappa shape index (κ3) is 5.48. The Morgan fingerprint density at radius 3 is 2.66 bits per heavy atom. The lowest BCUT2D eigenvalue weighted by molar-refractivity contribution is -0.120. The van der Waals surface area contributed by atoms with Crippen molar-refractivity contribution in [2.24, 2.45) is 0 Å². The highest BCUT2D eigenvalue weighted by Crippen LogP contribution is 2.21. The van der Waals surface area contributed by atoms with Gasteiger partial charge < -0.3 is 10.1 Å². The summed E-state index contributed by atoms with van der Waals surface area (Å²) >= 11 is 1.31. The SMILES string of the molecule is COc1cccc(CNC(=O)[C@H](C)Sc2ccc(=O)n(-c3ccc(C)cc3)n2)c1. The molecule has 0 saturated carbocycles. The van der Waals surface area contributed by atoms with E-state index in [1.54, 1.807) is 13.2 Å². The number of aryl methyl sites for hydroxylation is 1. The number of benzene rings is 2. The molecule has 0 unspecified atom stereocenters. The van der Waals surface area contributed by atoms with E-state index in [1.807, 2.05) is 62.4 Å². The highest BCUT2D eigenvalue weighted by atomic mass is 32.2. The largest absolute Gasteiger partial charge is 0.497 e. The quantitative estimate of drug-likeness (QED) is 0.606. The van der Waals surface area contributed by atoms with E-state index in [0.29, 0.717) is 17.3 Å². The maximum absolute atomic E-state index is 12.5. The Morgan fingerprint density at radius 2 is 1.93 bits per heavy atom. The summed E-state index contributed by atoms with van der Waals surface area (Å²) in [6, 6.07) is 18.2. The van der Waals surface area contributed by atoms with Crippen LogP contribution in [0.2, 0.25) is 0 Å². The molecule has 2 aromatic carbocycles. The van der Waals surface area contributed by atoms with Gasteiger partial charge in [0.25, 0.3) is 5.56 Å². The van der Waals surface area contributed by atoms with Crippen LogP contribution >= 0.6 is 11.8 Å². The summed E-state index contributed by atoms with van der Waals surface area (Å²) in [6.07, 6.45) is 0. The number of carbonyl (C=O) groups is 1. The standard InChI is InChI=1S/C22H23N3O3S/c1-15-7-9-18(10-8-15)25-21(26)12-11-20(24-25)29-16(2)22(27)23-14-17-5-4-6-19(13-17)28-3/h4-13,16H,14H2,1-3H3,(H,23,27)/t16-/m0/s1. The molecule has 0 bridgehead atoms. The van der Waals surface area contributed by atoms with Crippen molar-refractivity contribution >= 4 is 17.7 Å². The first-order chi connectivity index (χ1) is 14.0. The molecule has 0 saturated heterocycles. The van der Waals surface area contributed by atoms with Crippen LogP contribution in [0, 0.1) is 6.92 Å². The molecule has 0 radical (unpaired) electrons. The van der Waals surface area contributed by atoms with Crippen LogP contribution in [0.5, 0.6) is 5.75 Å². The zero-order valence-corrected chi connectivity index (χ0v) is 17.4. The number of nitrogens with zero attached hydrogens (tertiary/aromatic N) is 2. The molecule has 7 heteroatoms. The number of amides is 1. The Hall–Kier alpha value is -3.06. The van der Waals surface area contributed by atoms with Gasteiger partial charge in [0, 0.05) is 12.6 Å². The van der Waals surface area contributed by atoms with Gasteiger partial charge in [-0.1, -0.05) is 41.6 Å². The van der Waals surface area contributed by atoms with Crippen LogP contribution in [-0.2, 0) is 11.3 Å². The molecule has 29 heavy (non-hydrogen) atoms. The third-order valence-corrected chi connectivity index (χ3v) is 5.35. The van der Waals surface area contributed by atoms with E-state index in [0.717, 1.165) is 16.9 Å². The Morgan fingerprint density at radius 1 is 1.17 bits per heavy atom. The van der Waals surface area contributed by atoms with E-state index in [4.69, 9.17) is 4.74 Å². The van der Waals surface area contributed by atoms with E-state index in [-0.39, 0.29) is 16.7 Å². The van der Waals surface area contributed by atoms with E-state index in [2.05, 4.69) is 10.4 Å². The van der Waals surface area contributed by atoms with Gasteiger partial charge >= 0.3 is 0 Å². The molecule has 1 atom stereocenters. The molecule has 3 rings (SSSR count). The summed E-state index contributed by atoms with van der Waals surface area (Å²) < 4.78 is 6.55. The molecule has 0 aliphatic rings. The fourth-order valence-corrected chi connectivity index (χ4v) is 3.51. The van der Waals surface area contributed by atoms with Gasteiger partial charge in [0.2, 0.25) is 5.91 Å². The first-order valence-corrected chi connectivity index (χ1v) is 10.1. The molecule has 150 valence electrons. The average Bonchev–Trinajstić information content (AvgIpc) is 2.74. The number of carbonyl (C=O) groups excluding carboxylic acids is 1. The Balaban J connectivity index is 1.65. The second-order valence-corrected chi connectivity index (χ2v) is 7.95. The van der Waals surface area contributed by atoms with Crippen LogP contribution in [0.3, 0.4) is 0 Å². The van der Waals surface area contributed by atoms with Crippen molar-refractivity contribution in [2.45, 2.75) is 30.7 Å². The molecular formula is C22H23N3O3S. The summed E-state index contributed by atoms with van der Waals surface area (Å²) in [4.78, 5) is 24.7. The third-order valence-electron chi connectivity index (χ3n) is 4.32. The molecule has 3 aromatic rings. The fourth-order valence-electron chi connectivity index (χ4n) is 2.68. The van der Waals surface area contributed by atoms with Crippen molar-refractivity contribution in [2.75, 3.05) is 7.11 Å². The number of rotatable bonds is 7. The maximum Gasteiger partial charge on any atom is 0.271 e. The van der Waals surface area contributed by atoms with E-state index in [9.17, 15) is 9.59 Å². The smallest absolute Gasteiger partial charge is 0.271 e. The predicted molar refractivity (Wildman–Crippen MR) is 115 cm³/mol. The van der Waals surface area contributed by atoms with E-state index >= 15 is 0 Å². The van der Waals surface area contributed by atoms with Crippen LogP contribution in [-0.4, -0.2) is 28.0 Å². The highest BCUT2D eigenvalue weighted by molar-refractivity contribution is 8.00. The average molecular weight is 410 g/mol. The number of ether oxygens (including phenoxy) is 1. The monoisotopic (exact) mass is 409 g/mol. The van der Waals surface area contributed by atoms with Gasteiger partial charge in [0.15, 0.2) is 0 Å². The van der Waals surface area contributed by atoms with E-state index in [1.165, 1.54) is 22.5 Å². The molecule has 1 amide bonds. The molecule has 0 spiro atoms.